The number of benzene rings is 1. The highest BCUT2D eigenvalue weighted by atomic mass is 16.5. The zero-order valence-electron chi connectivity index (χ0n) is 18.3. The van der Waals surface area contributed by atoms with Crippen LogP contribution in [0.4, 0.5) is 11.6 Å². The molecule has 32 heavy (non-hydrogen) atoms. The number of ether oxygens (including phenoxy) is 1. The summed E-state index contributed by atoms with van der Waals surface area (Å²) in [4.78, 5) is 26.5. The molecule has 1 saturated heterocycles. The Bertz CT molecular complexity index is 1170. The fourth-order valence-corrected chi connectivity index (χ4v) is 5.00. The third-order valence-electron chi connectivity index (χ3n) is 6.92. The largest absolute Gasteiger partial charge is 0.378 e. The Morgan fingerprint density at radius 2 is 1.84 bits per heavy atom. The summed E-state index contributed by atoms with van der Waals surface area (Å²) in [6.45, 7) is 7.12. The molecule has 3 aromatic rings. The van der Waals surface area contributed by atoms with Gasteiger partial charge in [0.05, 0.1) is 24.5 Å². The van der Waals surface area contributed by atoms with Crippen LogP contribution in [0, 0.1) is 13.8 Å². The summed E-state index contributed by atoms with van der Waals surface area (Å²) in [5.41, 5.74) is 5.88. The molecule has 0 radical (unpaired) electrons. The summed E-state index contributed by atoms with van der Waals surface area (Å²) in [7, 11) is 0. The maximum absolute atomic E-state index is 13.1. The van der Waals surface area contributed by atoms with Gasteiger partial charge in [-0.1, -0.05) is 11.2 Å². The lowest BCUT2D eigenvalue weighted by Crippen LogP contribution is -2.40. The third kappa shape index (κ3) is 3.01. The monoisotopic (exact) mass is 431 g/mol. The number of aryl methyl sites for hydroxylation is 2. The molecule has 2 fully saturated rings. The van der Waals surface area contributed by atoms with E-state index < -0.39 is 0 Å². The molecule has 1 saturated carbocycles. The maximum atomic E-state index is 13.1. The second-order valence-electron chi connectivity index (χ2n) is 8.97. The number of nitrogens with zero attached hydrogens (tertiary/aromatic N) is 5. The van der Waals surface area contributed by atoms with E-state index >= 15 is 0 Å². The first-order chi connectivity index (χ1) is 15.6. The van der Waals surface area contributed by atoms with Crippen LogP contribution in [-0.2, 0) is 10.2 Å². The van der Waals surface area contributed by atoms with Gasteiger partial charge in [-0.3, -0.25) is 4.79 Å². The molecule has 6 rings (SSSR count). The highest BCUT2D eigenvalue weighted by Crippen LogP contribution is 2.57. The minimum absolute atomic E-state index is 0.0578. The van der Waals surface area contributed by atoms with Gasteiger partial charge in [-0.05, 0) is 44.4 Å². The summed E-state index contributed by atoms with van der Waals surface area (Å²) >= 11 is 0. The van der Waals surface area contributed by atoms with Gasteiger partial charge in [0.1, 0.15) is 5.76 Å². The van der Waals surface area contributed by atoms with E-state index in [0.717, 1.165) is 47.7 Å². The molecule has 1 aliphatic carbocycles. The first-order valence-electron chi connectivity index (χ1n) is 11.1. The molecule has 1 aromatic carbocycles. The molecule has 0 atom stereocenters. The van der Waals surface area contributed by atoms with Crippen molar-refractivity contribution >= 4 is 17.5 Å². The van der Waals surface area contributed by atoms with Gasteiger partial charge < -0.3 is 19.1 Å². The number of fused-ring (bicyclic) bond motifs is 2. The number of anilines is 2. The highest BCUT2D eigenvalue weighted by Gasteiger charge is 2.52. The van der Waals surface area contributed by atoms with Crippen LogP contribution in [0.2, 0.25) is 0 Å². The number of hydrogen-bond donors (Lipinski definition) is 0. The Labute approximate surface area is 186 Å². The number of carbonyl (C=O) groups excluding carboxylic acids is 1. The van der Waals surface area contributed by atoms with Gasteiger partial charge in [0, 0.05) is 54.3 Å². The van der Waals surface area contributed by atoms with Gasteiger partial charge in [-0.25, -0.2) is 9.97 Å². The predicted molar refractivity (Wildman–Crippen MR) is 118 cm³/mol. The summed E-state index contributed by atoms with van der Waals surface area (Å²) in [5.74, 6) is 1.47. The molecular weight excluding hydrogens is 406 g/mol. The standard InChI is InChI=1S/C24H25N5O3/c1-15-21(16(2)32-27-15)18-12-25-23(26-13-18)29-14-24(5-6-24)19-4-3-17(11-20(19)29)22(30)28-7-9-31-10-8-28/h3-4,11-13H,5-10,14H2,1-2H3. The number of carbonyl (C=O) groups is 1. The first kappa shape index (κ1) is 19.4. The van der Waals surface area contributed by atoms with E-state index in [1.807, 2.05) is 43.3 Å². The number of amides is 1. The van der Waals surface area contributed by atoms with E-state index in [1.165, 1.54) is 5.56 Å². The molecule has 1 spiro atoms. The van der Waals surface area contributed by atoms with Crippen LogP contribution in [0.3, 0.4) is 0 Å². The minimum atomic E-state index is 0.0578. The lowest BCUT2D eigenvalue weighted by Gasteiger charge is -2.27. The molecule has 8 nitrogen and oxygen atoms in total. The van der Waals surface area contributed by atoms with Crippen LogP contribution in [0.5, 0.6) is 0 Å². The fraction of sp³-hybridized carbons (Fsp3) is 0.417. The quantitative estimate of drug-likeness (QED) is 0.628. The Balaban J connectivity index is 1.34. The number of aromatic nitrogens is 3. The lowest BCUT2D eigenvalue weighted by atomic mass is 9.97. The average Bonchev–Trinajstić information content (AvgIpc) is 3.44. The predicted octanol–water partition coefficient (Wildman–Crippen LogP) is 3.40. The molecule has 8 heteroatoms. The van der Waals surface area contributed by atoms with Crippen molar-refractivity contribution in [3.8, 4) is 11.1 Å². The summed E-state index contributed by atoms with van der Waals surface area (Å²) < 4.78 is 10.7. The Morgan fingerprint density at radius 1 is 1.09 bits per heavy atom. The molecule has 3 aliphatic rings. The normalized spacial score (nSPS) is 18.8. The van der Waals surface area contributed by atoms with Gasteiger partial charge in [-0.2, -0.15) is 0 Å². The minimum Gasteiger partial charge on any atom is -0.378 e. The molecule has 2 aliphatic heterocycles. The van der Waals surface area contributed by atoms with E-state index in [2.05, 4.69) is 26.1 Å². The van der Waals surface area contributed by atoms with Crippen molar-refractivity contribution in [1.82, 2.24) is 20.0 Å². The Kier molecular flexibility index (Phi) is 4.33. The van der Waals surface area contributed by atoms with Crippen molar-refractivity contribution in [3.63, 3.8) is 0 Å². The molecule has 0 bridgehead atoms. The lowest BCUT2D eigenvalue weighted by molar-refractivity contribution is 0.0303. The Morgan fingerprint density at radius 3 is 2.50 bits per heavy atom. The third-order valence-corrected chi connectivity index (χ3v) is 6.92. The van der Waals surface area contributed by atoms with Crippen molar-refractivity contribution in [3.05, 3.63) is 53.2 Å². The van der Waals surface area contributed by atoms with Crippen molar-refractivity contribution < 1.29 is 14.1 Å². The molecule has 0 N–H and O–H groups in total. The van der Waals surface area contributed by atoms with E-state index in [1.54, 1.807) is 0 Å². The van der Waals surface area contributed by atoms with Crippen molar-refractivity contribution in [2.24, 2.45) is 0 Å². The molecular formula is C24H25N5O3. The highest BCUT2D eigenvalue weighted by molar-refractivity contribution is 5.96. The van der Waals surface area contributed by atoms with Crippen molar-refractivity contribution in [2.75, 3.05) is 37.7 Å². The summed E-state index contributed by atoms with van der Waals surface area (Å²) in [6, 6.07) is 6.13. The first-order valence-corrected chi connectivity index (χ1v) is 11.1. The summed E-state index contributed by atoms with van der Waals surface area (Å²) in [5, 5.41) is 4.03. The van der Waals surface area contributed by atoms with E-state index in [-0.39, 0.29) is 11.3 Å². The van der Waals surface area contributed by atoms with Crippen LogP contribution in [0.15, 0.2) is 35.1 Å². The van der Waals surface area contributed by atoms with Crippen LogP contribution in [0.1, 0.15) is 40.2 Å². The zero-order valence-corrected chi connectivity index (χ0v) is 18.3. The van der Waals surface area contributed by atoms with Gasteiger partial charge in [0.2, 0.25) is 5.95 Å². The molecule has 4 heterocycles. The van der Waals surface area contributed by atoms with E-state index in [4.69, 9.17) is 9.26 Å². The van der Waals surface area contributed by atoms with Gasteiger partial charge in [-0.15, -0.1) is 0 Å². The van der Waals surface area contributed by atoms with Gasteiger partial charge >= 0.3 is 0 Å². The second kappa shape index (κ2) is 7.13. The van der Waals surface area contributed by atoms with Crippen LogP contribution in [0.25, 0.3) is 11.1 Å². The maximum Gasteiger partial charge on any atom is 0.254 e. The van der Waals surface area contributed by atoms with Gasteiger partial charge in [0.15, 0.2) is 0 Å². The van der Waals surface area contributed by atoms with Gasteiger partial charge in [0.25, 0.3) is 5.91 Å². The number of hydrogen-bond acceptors (Lipinski definition) is 7. The molecule has 0 unspecified atom stereocenters. The van der Waals surface area contributed by atoms with E-state index in [9.17, 15) is 4.79 Å². The topological polar surface area (TPSA) is 84.6 Å². The average molecular weight is 431 g/mol. The van der Waals surface area contributed by atoms with Crippen LogP contribution >= 0.6 is 0 Å². The molecule has 1 amide bonds. The zero-order chi connectivity index (χ0) is 21.9. The molecule has 164 valence electrons. The molecule has 2 aromatic heterocycles. The van der Waals surface area contributed by atoms with Crippen LogP contribution in [-0.4, -0.2) is 58.8 Å². The van der Waals surface area contributed by atoms with E-state index in [0.29, 0.717) is 37.8 Å². The number of rotatable bonds is 3. The summed E-state index contributed by atoms with van der Waals surface area (Å²) in [6.07, 6.45) is 5.97. The smallest absolute Gasteiger partial charge is 0.254 e. The van der Waals surface area contributed by atoms with Crippen molar-refractivity contribution in [1.29, 1.82) is 0 Å². The fourth-order valence-electron chi connectivity index (χ4n) is 5.00. The van der Waals surface area contributed by atoms with Crippen LogP contribution < -0.4 is 4.90 Å². The Hall–Kier alpha value is -3.26. The van der Waals surface area contributed by atoms with Crippen molar-refractivity contribution in [2.45, 2.75) is 32.1 Å². The SMILES string of the molecule is Cc1noc(C)c1-c1cnc(N2CC3(CC3)c3ccc(C(=O)N4CCOCC4)cc32)nc1. The second-order valence-corrected chi connectivity index (χ2v) is 8.97. The number of morpholine rings is 1.